The Hall–Kier alpha value is -1.78. The summed E-state index contributed by atoms with van der Waals surface area (Å²) in [5, 5.41) is 14.0. The summed E-state index contributed by atoms with van der Waals surface area (Å²) in [4.78, 5) is 10.3. The van der Waals surface area contributed by atoms with Gasteiger partial charge in [-0.3, -0.25) is 10.1 Å². The van der Waals surface area contributed by atoms with Gasteiger partial charge in [-0.25, -0.2) is 0 Å². The van der Waals surface area contributed by atoms with Crippen LogP contribution in [0.4, 0.5) is 11.4 Å². The van der Waals surface area contributed by atoms with Crippen molar-refractivity contribution < 1.29 is 9.66 Å². The first kappa shape index (κ1) is 15.3. The van der Waals surface area contributed by atoms with Crippen LogP contribution < -0.4 is 10.1 Å². The molecular weight excluding hydrogens is 244 g/mol. The highest BCUT2D eigenvalue weighted by atomic mass is 16.6. The first-order valence-corrected chi connectivity index (χ1v) is 6.53. The van der Waals surface area contributed by atoms with Crippen LogP contribution in [0.3, 0.4) is 0 Å². The Balaban J connectivity index is 2.74. The summed E-state index contributed by atoms with van der Waals surface area (Å²) in [6.07, 6.45) is 2.20. The maximum Gasteiger partial charge on any atom is 0.273 e. The van der Waals surface area contributed by atoms with Gasteiger partial charge in [0.25, 0.3) is 5.69 Å². The zero-order valence-electron chi connectivity index (χ0n) is 12.0. The molecule has 0 amide bonds. The number of hydrogen-bond donors (Lipinski definition) is 1. The molecule has 0 aliphatic carbocycles. The van der Waals surface area contributed by atoms with E-state index < -0.39 is 4.92 Å². The molecule has 5 nitrogen and oxygen atoms in total. The number of nitro benzene ring substituents is 1. The molecule has 0 fully saturated rings. The summed E-state index contributed by atoms with van der Waals surface area (Å²) in [5.41, 5.74) is 0.835. The molecule has 1 aromatic rings. The molecule has 0 radical (unpaired) electrons. The summed E-state index contributed by atoms with van der Waals surface area (Å²) in [6, 6.07) is 4.93. The monoisotopic (exact) mass is 266 g/mol. The van der Waals surface area contributed by atoms with Crippen molar-refractivity contribution in [3.63, 3.8) is 0 Å². The number of ether oxygens (including phenoxy) is 1. The van der Waals surface area contributed by atoms with Gasteiger partial charge < -0.3 is 10.1 Å². The summed E-state index contributed by atoms with van der Waals surface area (Å²) in [5.74, 6) is 1.17. The number of nitrogens with one attached hydrogen (secondary N) is 1. The van der Waals surface area contributed by atoms with E-state index in [1.165, 1.54) is 19.2 Å². The minimum atomic E-state index is -0.422. The van der Waals surface area contributed by atoms with Gasteiger partial charge in [-0.2, -0.15) is 0 Å². The first-order valence-electron chi connectivity index (χ1n) is 6.53. The molecule has 0 saturated carbocycles. The van der Waals surface area contributed by atoms with Gasteiger partial charge in [0.15, 0.2) is 0 Å². The van der Waals surface area contributed by atoms with Crippen molar-refractivity contribution >= 4 is 11.4 Å². The van der Waals surface area contributed by atoms with Gasteiger partial charge in [-0.15, -0.1) is 0 Å². The van der Waals surface area contributed by atoms with E-state index in [1.54, 1.807) is 6.07 Å². The molecule has 0 aliphatic rings. The molecule has 19 heavy (non-hydrogen) atoms. The maximum absolute atomic E-state index is 10.7. The summed E-state index contributed by atoms with van der Waals surface area (Å²) in [7, 11) is 1.52. The molecular formula is C14H22N2O3. The Labute approximate surface area is 114 Å². The first-order chi connectivity index (χ1) is 8.93. The molecule has 1 aromatic carbocycles. The highest BCUT2D eigenvalue weighted by molar-refractivity contribution is 5.61. The normalized spacial score (nSPS) is 12.3. The van der Waals surface area contributed by atoms with Crippen LogP contribution in [0.15, 0.2) is 18.2 Å². The van der Waals surface area contributed by atoms with Gasteiger partial charge in [0.05, 0.1) is 23.8 Å². The fourth-order valence-electron chi connectivity index (χ4n) is 1.83. The van der Waals surface area contributed by atoms with Gasteiger partial charge in [0.1, 0.15) is 5.75 Å². The Bertz CT molecular complexity index is 433. The molecule has 0 spiro atoms. The second-order valence-corrected chi connectivity index (χ2v) is 5.16. The second kappa shape index (κ2) is 6.97. The Kier molecular flexibility index (Phi) is 5.60. The summed E-state index contributed by atoms with van der Waals surface area (Å²) < 4.78 is 5.20. The fourth-order valence-corrected chi connectivity index (χ4v) is 1.83. The third kappa shape index (κ3) is 4.77. The Morgan fingerprint density at radius 2 is 2.00 bits per heavy atom. The topological polar surface area (TPSA) is 64.4 Å². The van der Waals surface area contributed by atoms with Gasteiger partial charge in [-0.1, -0.05) is 13.8 Å². The summed E-state index contributed by atoms with van der Waals surface area (Å²) >= 11 is 0. The number of nitrogens with zero attached hydrogens (tertiary/aromatic N) is 1. The number of non-ortho nitro benzene ring substituents is 1. The van der Waals surface area contributed by atoms with Crippen molar-refractivity contribution in [2.45, 2.75) is 39.7 Å². The highest BCUT2D eigenvalue weighted by Crippen LogP contribution is 2.29. The van der Waals surface area contributed by atoms with Crippen LogP contribution in [0.1, 0.15) is 33.6 Å². The predicted octanol–water partition coefficient (Wildman–Crippen LogP) is 3.84. The Morgan fingerprint density at radius 1 is 1.32 bits per heavy atom. The quantitative estimate of drug-likeness (QED) is 0.601. The van der Waals surface area contributed by atoms with Gasteiger partial charge >= 0.3 is 0 Å². The number of rotatable bonds is 7. The average Bonchev–Trinajstić information content (AvgIpc) is 2.36. The standard InChI is InChI=1S/C14H22N2O3/c1-10(2)5-6-11(3)15-13-8-7-12(16(17)18)9-14(13)19-4/h7-11,15H,5-6H2,1-4H3. The van der Waals surface area contributed by atoms with Crippen molar-refractivity contribution in [1.29, 1.82) is 0 Å². The van der Waals surface area contributed by atoms with Crippen molar-refractivity contribution in [3.8, 4) is 5.75 Å². The molecule has 1 unspecified atom stereocenters. The zero-order chi connectivity index (χ0) is 14.4. The predicted molar refractivity (Wildman–Crippen MR) is 76.8 cm³/mol. The lowest BCUT2D eigenvalue weighted by Gasteiger charge is -2.18. The van der Waals surface area contributed by atoms with E-state index in [0.717, 1.165) is 18.5 Å². The van der Waals surface area contributed by atoms with Crippen molar-refractivity contribution in [3.05, 3.63) is 28.3 Å². The highest BCUT2D eigenvalue weighted by Gasteiger charge is 2.13. The van der Waals surface area contributed by atoms with Crippen LogP contribution in [0, 0.1) is 16.0 Å². The van der Waals surface area contributed by atoms with E-state index in [4.69, 9.17) is 4.74 Å². The second-order valence-electron chi connectivity index (χ2n) is 5.16. The van der Waals surface area contributed by atoms with Crippen molar-refractivity contribution in [1.82, 2.24) is 0 Å². The van der Waals surface area contributed by atoms with E-state index >= 15 is 0 Å². The lowest BCUT2D eigenvalue weighted by Crippen LogP contribution is -2.16. The van der Waals surface area contributed by atoms with Crippen LogP contribution in [-0.4, -0.2) is 18.1 Å². The Morgan fingerprint density at radius 3 is 2.53 bits per heavy atom. The molecule has 106 valence electrons. The van der Waals surface area contributed by atoms with E-state index in [-0.39, 0.29) is 5.69 Å². The number of anilines is 1. The van der Waals surface area contributed by atoms with Gasteiger partial charge in [0, 0.05) is 12.1 Å². The van der Waals surface area contributed by atoms with Crippen molar-refractivity contribution in [2.75, 3.05) is 12.4 Å². The number of hydrogen-bond acceptors (Lipinski definition) is 4. The molecule has 1 atom stereocenters. The van der Waals surface area contributed by atoms with E-state index in [0.29, 0.717) is 17.7 Å². The van der Waals surface area contributed by atoms with Gasteiger partial charge in [-0.05, 0) is 31.7 Å². The number of nitro groups is 1. The molecule has 5 heteroatoms. The largest absolute Gasteiger partial charge is 0.494 e. The van der Waals surface area contributed by atoms with Crippen LogP contribution in [0.5, 0.6) is 5.75 Å². The number of benzene rings is 1. The molecule has 0 aromatic heterocycles. The minimum absolute atomic E-state index is 0.0391. The average molecular weight is 266 g/mol. The maximum atomic E-state index is 10.7. The van der Waals surface area contributed by atoms with Crippen LogP contribution >= 0.6 is 0 Å². The minimum Gasteiger partial charge on any atom is -0.494 e. The molecule has 0 saturated heterocycles. The lowest BCUT2D eigenvalue weighted by molar-refractivity contribution is -0.384. The van der Waals surface area contributed by atoms with Crippen molar-refractivity contribution in [2.24, 2.45) is 5.92 Å². The van der Waals surface area contributed by atoms with Gasteiger partial charge in [0.2, 0.25) is 0 Å². The third-order valence-corrected chi connectivity index (χ3v) is 2.97. The van der Waals surface area contributed by atoms with E-state index in [9.17, 15) is 10.1 Å². The molecule has 1 N–H and O–H groups in total. The zero-order valence-corrected chi connectivity index (χ0v) is 12.0. The summed E-state index contributed by atoms with van der Waals surface area (Å²) in [6.45, 7) is 6.49. The lowest BCUT2D eigenvalue weighted by atomic mass is 10.0. The smallest absolute Gasteiger partial charge is 0.273 e. The fraction of sp³-hybridized carbons (Fsp3) is 0.571. The van der Waals surface area contributed by atoms with E-state index in [1.807, 2.05) is 0 Å². The SMILES string of the molecule is COc1cc([N+](=O)[O-])ccc1NC(C)CCC(C)C. The van der Waals surface area contributed by atoms with Crippen LogP contribution in [0.25, 0.3) is 0 Å². The molecule has 0 heterocycles. The molecule has 1 rings (SSSR count). The van der Waals surface area contributed by atoms with Crippen LogP contribution in [0.2, 0.25) is 0 Å². The molecule has 0 aliphatic heterocycles. The molecule has 0 bridgehead atoms. The van der Waals surface area contributed by atoms with E-state index in [2.05, 4.69) is 26.1 Å². The number of methoxy groups -OCH3 is 1. The van der Waals surface area contributed by atoms with Crippen LogP contribution in [-0.2, 0) is 0 Å². The third-order valence-electron chi connectivity index (χ3n) is 2.97.